The third-order valence-corrected chi connectivity index (χ3v) is 6.77. The minimum atomic E-state index is -2.51. The van der Waals surface area contributed by atoms with E-state index in [1.54, 1.807) is 30.5 Å². The number of aromatic nitrogens is 3. The predicted octanol–water partition coefficient (Wildman–Crippen LogP) is 3.88. The zero-order valence-corrected chi connectivity index (χ0v) is 17.6. The van der Waals surface area contributed by atoms with Crippen LogP contribution in [-0.4, -0.2) is 27.6 Å². The first kappa shape index (κ1) is 20.1. The lowest BCUT2D eigenvalue weighted by atomic mass is 9.61. The van der Waals surface area contributed by atoms with Gasteiger partial charge in [-0.05, 0) is 43.2 Å². The number of nitrogens with one attached hydrogen (secondary N) is 2. The Morgan fingerprint density at radius 2 is 2.03 bits per heavy atom. The molecule has 0 radical (unpaired) electrons. The summed E-state index contributed by atoms with van der Waals surface area (Å²) in [5.41, 5.74) is 2.30. The molecule has 2 fully saturated rings. The molecule has 0 amide bonds. The lowest BCUT2D eigenvalue weighted by Crippen LogP contribution is -2.61. The summed E-state index contributed by atoms with van der Waals surface area (Å²) >= 11 is 0. The first-order valence-corrected chi connectivity index (χ1v) is 10.6. The van der Waals surface area contributed by atoms with Gasteiger partial charge in [0.05, 0.1) is 10.9 Å². The van der Waals surface area contributed by atoms with Gasteiger partial charge in [-0.3, -0.25) is 4.79 Å². The molecule has 3 heterocycles. The molecule has 2 aliphatic rings. The molecule has 0 unspecified atom stereocenters. The van der Waals surface area contributed by atoms with E-state index < -0.39 is 6.43 Å². The highest BCUT2D eigenvalue weighted by molar-refractivity contribution is 5.88. The van der Waals surface area contributed by atoms with E-state index >= 15 is 0 Å². The fourth-order valence-electron chi connectivity index (χ4n) is 4.87. The highest BCUT2D eigenvalue weighted by Gasteiger charge is 2.49. The molecule has 0 bridgehead atoms. The Kier molecular flexibility index (Phi) is 4.77. The molecule has 0 atom stereocenters. The van der Waals surface area contributed by atoms with Crippen LogP contribution in [0.2, 0.25) is 0 Å². The number of nitrogens with zero attached hydrogens (tertiary/aromatic N) is 3. The summed E-state index contributed by atoms with van der Waals surface area (Å²) in [5, 5.41) is 7.37. The standard InChI is InChI=1S/C23H25F2N5O/c1-13-15(4-3-5-17(13)21(24)25)9-27-22-18-10-30(16-7-23(8-16)11-26-12-23)20(31)6-19(18)28-14(2)29-22/h3-6,10,16,21,26H,7-9,11-12H2,1-2H3,(H,27,28,29). The molecular weight excluding hydrogens is 400 g/mol. The van der Waals surface area contributed by atoms with E-state index in [4.69, 9.17) is 0 Å². The van der Waals surface area contributed by atoms with E-state index in [-0.39, 0.29) is 17.2 Å². The van der Waals surface area contributed by atoms with Crippen molar-refractivity contribution in [1.29, 1.82) is 0 Å². The Labute approximate surface area is 178 Å². The molecule has 1 aliphatic carbocycles. The summed E-state index contributed by atoms with van der Waals surface area (Å²) in [7, 11) is 0. The monoisotopic (exact) mass is 425 g/mol. The van der Waals surface area contributed by atoms with Gasteiger partial charge in [-0.25, -0.2) is 18.7 Å². The SMILES string of the molecule is Cc1nc(NCc2cccc(C(F)F)c2C)c2cn(C3CC4(CNC4)C3)c(=O)cc2n1. The maximum Gasteiger partial charge on any atom is 0.264 e. The van der Waals surface area contributed by atoms with Gasteiger partial charge in [0.1, 0.15) is 11.6 Å². The lowest BCUT2D eigenvalue weighted by molar-refractivity contribution is 0.00626. The third-order valence-electron chi connectivity index (χ3n) is 6.77. The molecule has 1 spiro atoms. The number of hydrogen-bond donors (Lipinski definition) is 2. The van der Waals surface area contributed by atoms with Gasteiger partial charge in [0.25, 0.3) is 12.0 Å². The topological polar surface area (TPSA) is 71.8 Å². The Morgan fingerprint density at radius 3 is 2.71 bits per heavy atom. The lowest BCUT2D eigenvalue weighted by Gasteiger charge is -2.54. The Morgan fingerprint density at radius 1 is 1.26 bits per heavy atom. The van der Waals surface area contributed by atoms with Gasteiger partial charge in [-0.1, -0.05) is 18.2 Å². The summed E-state index contributed by atoms with van der Waals surface area (Å²) in [5.74, 6) is 1.16. The van der Waals surface area contributed by atoms with Crippen LogP contribution in [0.25, 0.3) is 10.9 Å². The minimum absolute atomic E-state index is 0.0428. The van der Waals surface area contributed by atoms with E-state index in [2.05, 4.69) is 20.6 Å². The third kappa shape index (κ3) is 3.48. The van der Waals surface area contributed by atoms with Crippen LogP contribution < -0.4 is 16.2 Å². The van der Waals surface area contributed by atoms with Crippen molar-refractivity contribution in [2.45, 2.75) is 45.7 Å². The number of fused-ring (bicyclic) bond motifs is 1. The van der Waals surface area contributed by atoms with Crippen molar-refractivity contribution in [3.05, 3.63) is 63.3 Å². The molecular formula is C23H25F2N5O. The van der Waals surface area contributed by atoms with Crippen LogP contribution in [0.5, 0.6) is 0 Å². The van der Waals surface area contributed by atoms with Crippen molar-refractivity contribution in [2.75, 3.05) is 18.4 Å². The van der Waals surface area contributed by atoms with Crippen molar-refractivity contribution in [3.63, 3.8) is 0 Å². The summed E-state index contributed by atoms with van der Waals surface area (Å²) in [6, 6.07) is 6.70. The molecule has 31 heavy (non-hydrogen) atoms. The second-order valence-electron chi connectivity index (χ2n) is 8.89. The zero-order valence-electron chi connectivity index (χ0n) is 17.6. The molecule has 2 N–H and O–H groups in total. The second-order valence-corrected chi connectivity index (χ2v) is 8.89. The Balaban J connectivity index is 1.46. The van der Waals surface area contributed by atoms with Crippen molar-refractivity contribution in [1.82, 2.24) is 19.9 Å². The molecule has 8 heteroatoms. The number of halogens is 2. The van der Waals surface area contributed by atoms with Crippen LogP contribution in [0.3, 0.4) is 0 Å². The maximum absolute atomic E-state index is 13.2. The van der Waals surface area contributed by atoms with E-state index in [9.17, 15) is 13.6 Å². The number of aryl methyl sites for hydroxylation is 1. The van der Waals surface area contributed by atoms with Crippen LogP contribution in [0.4, 0.5) is 14.6 Å². The molecule has 2 aromatic heterocycles. The molecule has 5 rings (SSSR count). The average Bonchev–Trinajstić information content (AvgIpc) is 2.65. The summed E-state index contributed by atoms with van der Waals surface area (Å²) in [4.78, 5) is 21.7. The average molecular weight is 425 g/mol. The molecule has 1 saturated heterocycles. The summed E-state index contributed by atoms with van der Waals surface area (Å²) in [6.45, 7) is 5.89. The fraction of sp³-hybridized carbons (Fsp3) is 0.435. The van der Waals surface area contributed by atoms with Crippen molar-refractivity contribution >= 4 is 16.7 Å². The van der Waals surface area contributed by atoms with Gasteiger partial charge in [0, 0.05) is 43.5 Å². The zero-order chi connectivity index (χ0) is 21.8. The van der Waals surface area contributed by atoms with E-state index in [1.165, 1.54) is 6.07 Å². The van der Waals surface area contributed by atoms with Crippen LogP contribution >= 0.6 is 0 Å². The van der Waals surface area contributed by atoms with E-state index in [0.717, 1.165) is 36.9 Å². The van der Waals surface area contributed by atoms with E-state index in [0.29, 0.717) is 34.7 Å². The first-order chi connectivity index (χ1) is 14.8. The number of hydrogen-bond acceptors (Lipinski definition) is 5. The van der Waals surface area contributed by atoms with Crippen LogP contribution in [-0.2, 0) is 6.54 Å². The van der Waals surface area contributed by atoms with E-state index in [1.807, 2.05) is 12.3 Å². The molecule has 1 aliphatic heterocycles. The summed E-state index contributed by atoms with van der Waals surface area (Å²) in [6.07, 6.45) is 1.35. The molecule has 1 saturated carbocycles. The number of pyridine rings is 1. The van der Waals surface area contributed by atoms with Gasteiger partial charge in [0.15, 0.2) is 0 Å². The van der Waals surface area contributed by atoms with Crippen molar-refractivity contribution in [2.24, 2.45) is 5.41 Å². The Bertz CT molecular complexity index is 1210. The molecule has 1 aromatic carbocycles. The van der Waals surface area contributed by atoms with Gasteiger partial charge >= 0.3 is 0 Å². The fourth-order valence-corrected chi connectivity index (χ4v) is 4.87. The Hall–Kier alpha value is -2.87. The number of rotatable bonds is 5. The van der Waals surface area contributed by atoms with Crippen LogP contribution in [0.1, 0.15) is 47.8 Å². The first-order valence-electron chi connectivity index (χ1n) is 10.6. The quantitative estimate of drug-likeness (QED) is 0.649. The van der Waals surface area contributed by atoms with Gasteiger partial charge in [-0.15, -0.1) is 0 Å². The highest BCUT2D eigenvalue weighted by Crippen LogP contribution is 2.50. The minimum Gasteiger partial charge on any atom is -0.365 e. The largest absolute Gasteiger partial charge is 0.365 e. The van der Waals surface area contributed by atoms with Crippen LogP contribution in [0, 0.1) is 19.3 Å². The summed E-state index contributed by atoms with van der Waals surface area (Å²) < 4.78 is 28.3. The van der Waals surface area contributed by atoms with Crippen LogP contribution in [0.15, 0.2) is 35.3 Å². The van der Waals surface area contributed by atoms with Gasteiger partial charge in [0.2, 0.25) is 0 Å². The highest BCUT2D eigenvalue weighted by atomic mass is 19.3. The molecule has 162 valence electrons. The van der Waals surface area contributed by atoms with Crippen molar-refractivity contribution in [3.8, 4) is 0 Å². The molecule has 6 nitrogen and oxygen atoms in total. The normalized spacial score (nSPS) is 17.7. The maximum atomic E-state index is 13.2. The predicted molar refractivity (Wildman–Crippen MR) is 116 cm³/mol. The smallest absolute Gasteiger partial charge is 0.264 e. The number of anilines is 1. The van der Waals surface area contributed by atoms with Gasteiger partial charge in [-0.2, -0.15) is 0 Å². The van der Waals surface area contributed by atoms with Crippen molar-refractivity contribution < 1.29 is 8.78 Å². The van der Waals surface area contributed by atoms with Gasteiger partial charge < -0.3 is 15.2 Å². The second kappa shape index (κ2) is 7.37. The number of alkyl halides is 2. The molecule has 3 aromatic rings. The number of benzene rings is 1.